The fraction of sp³-hybridized carbons (Fsp3) is 0.625. The summed E-state index contributed by atoms with van der Waals surface area (Å²) >= 11 is 0. The second kappa shape index (κ2) is 4.67. The van der Waals surface area contributed by atoms with Crippen LogP contribution in [0.1, 0.15) is 44.7 Å². The molecule has 2 atom stereocenters. The van der Waals surface area contributed by atoms with Crippen LogP contribution in [0.2, 0.25) is 0 Å². The summed E-state index contributed by atoms with van der Waals surface area (Å²) in [6.45, 7) is 6.78. The van der Waals surface area contributed by atoms with E-state index in [4.69, 9.17) is 5.73 Å². The van der Waals surface area contributed by atoms with Gasteiger partial charge in [0.05, 0.1) is 5.60 Å². The van der Waals surface area contributed by atoms with Crippen LogP contribution >= 0.6 is 0 Å². The molecule has 0 saturated heterocycles. The molecule has 100 valence electrons. The molecule has 18 heavy (non-hydrogen) atoms. The first kappa shape index (κ1) is 13.6. The third kappa shape index (κ3) is 1.98. The van der Waals surface area contributed by atoms with Crippen LogP contribution in [-0.2, 0) is 11.8 Å². The molecule has 0 amide bonds. The molecule has 0 aromatic heterocycles. The molecule has 0 bridgehead atoms. The zero-order valence-corrected chi connectivity index (χ0v) is 11.7. The van der Waals surface area contributed by atoms with Crippen molar-refractivity contribution in [2.45, 2.75) is 51.0 Å². The lowest BCUT2D eigenvalue weighted by Gasteiger charge is -2.44. The van der Waals surface area contributed by atoms with E-state index in [2.05, 4.69) is 38.1 Å². The van der Waals surface area contributed by atoms with Crippen molar-refractivity contribution in [2.24, 2.45) is 11.7 Å². The Morgan fingerprint density at radius 1 is 1.39 bits per heavy atom. The largest absolute Gasteiger partial charge is 0.389 e. The molecule has 2 unspecified atom stereocenters. The third-order valence-corrected chi connectivity index (χ3v) is 4.54. The molecule has 2 heteroatoms. The van der Waals surface area contributed by atoms with Crippen molar-refractivity contribution in [1.82, 2.24) is 0 Å². The fourth-order valence-corrected chi connectivity index (χ4v) is 3.67. The summed E-state index contributed by atoms with van der Waals surface area (Å²) in [5.74, 6) is 0.469. The minimum atomic E-state index is -0.734. The summed E-state index contributed by atoms with van der Waals surface area (Å²) in [5, 5.41) is 11.0. The lowest BCUT2D eigenvalue weighted by atomic mass is 9.66. The van der Waals surface area contributed by atoms with Crippen molar-refractivity contribution in [3.63, 3.8) is 0 Å². The first-order valence-electron chi connectivity index (χ1n) is 6.94. The number of benzene rings is 1. The number of rotatable bonds is 4. The van der Waals surface area contributed by atoms with Crippen LogP contribution in [0.5, 0.6) is 0 Å². The molecule has 1 aliphatic carbocycles. The SMILES string of the molecule is CC(C)CC(C)(O)C1(CN)CCc2ccccc21. The van der Waals surface area contributed by atoms with Gasteiger partial charge in [0.25, 0.3) is 0 Å². The highest BCUT2D eigenvalue weighted by atomic mass is 16.3. The van der Waals surface area contributed by atoms with Crippen LogP contribution in [0.4, 0.5) is 0 Å². The Bertz CT molecular complexity index is 425. The van der Waals surface area contributed by atoms with E-state index in [1.807, 2.05) is 6.92 Å². The van der Waals surface area contributed by atoms with E-state index in [0.29, 0.717) is 12.5 Å². The highest BCUT2D eigenvalue weighted by molar-refractivity contribution is 5.42. The van der Waals surface area contributed by atoms with Crippen LogP contribution in [0.3, 0.4) is 0 Å². The molecule has 0 aliphatic heterocycles. The van der Waals surface area contributed by atoms with Gasteiger partial charge in [-0.15, -0.1) is 0 Å². The average molecular weight is 247 g/mol. The van der Waals surface area contributed by atoms with Gasteiger partial charge in [-0.2, -0.15) is 0 Å². The highest BCUT2D eigenvalue weighted by Gasteiger charge is 2.50. The van der Waals surface area contributed by atoms with Gasteiger partial charge in [-0.05, 0) is 43.2 Å². The van der Waals surface area contributed by atoms with Gasteiger partial charge in [0.2, 0.25) is 0 Å². The quantitative estimate of drug-likeness (QED) is 0.859. The number of aliphatic hydroxyl groups is 1. The van der Waals surface area contributed by atoms with Gasteiger partial charge in [0.15, 0.2) is 0 Å². The minimum absolute atomic E-state index is 0.270. The third-order valence-electron chi connectivity index (χ3n) is 4.54. The Labute approximate surface area is 110 Å². The molecule has 0 heterocycles. The predicted octanol–water partition coefficient (Wildman–Crippen LogP) is 2.63. The second-order valence-electron chi connectivity index (χ2n) is 6.32. The molecule has 2 nitrogen and oxygen atoms in total. The van der Waals surface area contributed by atoms with Crippen LogP contribution in [0.25, 0.3) is 0 Å². The lowest BCUT2D eigenvalue weighted by Crippen LogP contribution is -2.53. The van der Waals surface area contributed by atoms with E-state index < -0.39 is 5.60 Å². The molecule has 0 radical (unpaired) electrons. The summed E-state index contributed by atoms with van der Waals surface area (Å²) in [6, 6.07) is 8.44. The van der Waals surface area contributed by atoms with E-state index in [-0.39, 0.29) is 5.41 Å². The van der Waals surface area contributed by atoms with E-state index in [9.17, 15) is 5.11 Å². The van der Waals surface area contributed by atoms with Gasteiger partial charge >= 0.3 is 0 Å². The maximum atomic E-state index is 11.0. The summed E-state index contributed by atoms with van der Waals surface area (Å²) in [6.07, 6.45) is 2.78. The zero-order chi connectivity index (χ0) is 13.4. The van der Waals surface area contributed by atoms with E-state index in [1.165, 1.54) is 11.1 Å². The Morgan fingerprint density at radius 2 is 2.06 bits per heavy atom. The Kier molecular flexibility index (Phi) is 3.52. The molecular formula is C16H25NO. The topological polar surface area (TPSA) is 46.2 Å². The van der Waals surface area contributed by atoms with E-state index in [0.717, 1.165) is 19.3 Å². The molecule has 3 N–H and O–H groups in total. The molecule has 1 aromatic carbocycles. The Morgan fingerprint density at radius 3 is 2.67 bits per heavy atom. The standard InChI is InChI=1S/C16H25NO/c1-12(2)10-15(3,18)16(11-17)9-8-13-6-4-5-7-14(13)16/h4-7,12,18H,8-11,17H2,1-3H3. The van der Waals surface area contributed by atoms with Gasteiger partial charge in [0.1, 0.15) is 0 Å². The first-order valence-corrected chi connectivity index (χ1v) is 6.94. The number of hydrogen-bond acceptors (Lipinski definition) is 2. The van der Waals surface area contributed by atoms with Crippen molar-refractivity contribution in [3.8, 4) is 0 Å². The van der Waals surface area contributed by atoms with Gasteiger partial charge in [0, 0.05) is 12.0 Å². The first-order chi connectivity index (χ1) is 8.43. The van der Waals surface area contributed by atoms with Crippen LogP contribution < -0.4 is 5.73 Å². The van der Waals surface area contributed by atoms with Crippen LogP contribution in [-0.4, -0.2) is 17.3 Å². The minimum Gasteiger partial charge on any atom is -0.389 e. The van der Waals surface area contributed by atoms with E-state index in [1.54, 1.807) is 0 Å². The monoisotopic (exact) mass is 247 g/mol. The zero-order valence-electron chi connectivity index (χ0n) is 11.7. The fourth-order valence-electron chi connectivity index (χ4n) is 3.67. The molecular weight excluding hydrogens is 222 g/mol. The van der Waals surface area contributed by atoms with Gasteiger partial charge < -0.3 is 10.8 Å². The van der Waals surface area contributed by atoms with Gasteiger partial charge in [-0.25, -0.2) is 0 Å². The van der Waals surface area contributed by atoms with Gasteiger partial charge in [-0.1, -0.05) is 38.1 Å². The smallest absolute Gasteiger partial charge is 0.0730 e. The van der Waals surface area contributed by atoms with E-state index >= 15 is 0 Å². The summed E-state index contributed by atoms with van der Waals surface area (Å²) < 4.78 is 0. The molecule has 2 rings (SSSR count). The molecule has 0 spiro atoms. The number of fused-ring (bicyclic) bond motifs is 1. The maximum absolute atomic E-state index is 11.0. The summed E-state index contributed by atoms with van der Waals surface area (Å²) in [4.78, 5) is 0. The van der Waals surface area contributed by atoms with Crippen molar-refractivity contribution in [2.75, 3.05) is 6.54 Å². The number of hydrogen-bond donors (Lipinski definition) is 2. The average Bonchev–Trinajstić information content (AvgIpc) is 2.67. The molecule has 0 saturated carbocycles. The molecule has 1 aliphatic rings. The molecule has 0 fully saturated rings. The van der Waals surface area contributed by atoms with Crippen molar-refractivity contribution in [1.29, 1.82) is 0 Å². The highest BCUT2D eigenvalue weighted by Crippen LogP contribution is 2.47. The van der Waals surface area contributed by atoms with Crippen molar-refractivity contribution >= 4 is 0 Å². The maximum Gasteiger partial charge on any atom is 0.0730 e. The van der Waals surface area contributed by atoms with Crippen LogP contribution in [0.15, 0.2) is 24.3 Å². The van der Waals surface area contributed by atoms with Crippen molar-refractivity contribution in [3.05, 3.63) is 35.4 Å². The lowest BCUT2D eigenvalue weighted by molar-refractivity contribution is -0.0370. The van der Waals surface area contributed by atoms with Gasteiger partial charge in [-0.3, -0.25) is 0 Å². The summed E-state index contributed by atoms with van der Waals surface area (Å²) in [7, 11) is 0. The second-order valence-corrected chi connectivity index (χ2v) is 6.32. The number of nitrogens with two attached hydrogens (primary N) is 1. The normalized spacial score (nSPS) is 26.1. The number of aryl methyl sites for hydroxylation is 1. The van der Waals surface area contributed by atoms with Crippen molar-refractivity contribution < 1.29 is 5.11 Å². The predicted molar refractivity (Wildman–Crippen MR) is 75.6 cm³/mol. The Balaban J connectivity index is 2.45. The Hall–Kier alpha value is -0.860. The summed E-state index contributed by atoms with van der Waals surface area (Å²) in [5.41, 5.74) is 7.70. The van der Waals surface area contributed by atoms with Crippen LogP contribution in [0, 0.1) is 5.92 Å². The molecule has 1 aromatic rings.